The molecule has 4 heteroatoms. The van der Waals surface area contributed by atoms with Crippen molar-refractivity contribution in [2.45, 2.75) is 53.9 Å². The number of allylic oxidation sites excluding steroid dienone is 4. The second-order valence-electron chi connectivity index (χ2n) is 15.9. The van der Waals surface area contributed by atoms with Gasteiger partial charge in [-0.3, -0.25) is 0 Å². The molecule has 0 spiro atoms. The van der Waals surface area contributed by atoms with Crippen LogP contribution in [0.3, 0.4) is 0 Å². The van der Waals surface area contributed by atoms with E-state index in [1.54, 1.807) is 0 Å². The molecule has 0 saturated heterocycles. The van der Waals surface area contributed by atoms with E-state index in [4.69, 9.17) is 9.97 Å². The van der Waals surface area contributed by atoms with Crippen molar-refractivity contribution in [3.63, 3.8) is 0 Å². The van der Waals surface area contributed by atoms with Crippen LogP contribution < -0.4 is 0 Å². The van der Waals surface area contributed by atoms with Crippen LogP contribution in [0.2, 0.25) is 0 Å². The highest BCUT2D eigenvalue weighted by Gasteiger charge is 2.23. The Morgan fingerprint density at radius 3 is 1.42 bits per heavy atom. The predicted octanol–water partition coefficient (Wildman–Crippen LogP) is 13.7. The van der Waals surface area contributed by atoms with Gasteiger partial charge in [0, 0.05) is 44.3 Å². The Labute approximate surface area is 323 Å². The van der Waals surface area contributed by atoms with Gasteiger partial charge in [0.1, 0.15) is 0 Å². The molecule has 0 saturated carbocycles. The summed E-state index contributed by atoms with van der Waals surface area (Å²) >= 11 is 0. The fourth-order valence-electron chi connectivity index (χ4n) is 8.16. The highest BCUT2D eigenvalue weighted by Crippen LogP contribution is 2.41. The Hall–Kier alpha value is -6.26. The zero-order valence-corrected chi connectivity index (χ0v) is 32.3. The topological polar surface area (TPSA) is 57.4 Å². The molecule has 0 atom stereocenters. The number of aromatic amines is 2. The van der Waals surface area contributed by atoms with Crippen molar-refractivity contribution < 1.29 is 0 Å². The Bertz CT molecular complexity index is 2740. The number of nitrogens with one attached hydrogen (secondary N) is 2. The number of hydrogen-bond acceptors (Lipinski definition) is 2. The number of hydrogen-bond donors (Lipinski definition) is 2. The maximum atomic E-state index is 5.50. The second kappa shape index (κ2) is 13.9. The monoisotopic (exact) mass is 714 g/mol. The van der Waals surface area contributed by atoms with Gasteiger partial charge in [0.2, 0.25) is 0 Å². The summed E-state index contributed by atoms with van der Waals surface area (Å²) in [6.45, 7) is 11.3. The van der Waals surface area contributed by atoms with E-state index in [0.717, 1.165) is 103 Å². The minimum Gasteiger partial charge on any atom is -0.354 e. The SMILES string of the molecule is CCc1ccc(-c2c3nc(c(-c4ccccc4)c4ccc([nH]4)c(-c4ccc(C)cc4)c4nc(c(C5=CC=C(C(C)(C)C)CC5)c5ccc2[nH]5)C=C4)C=C3)cc1. The van der Waals surface area contributed by atoms with E-state index in [-0.39, 0.29) is 5.41 Å². The van der Waals surface area contributed by atoms with Crippen LogP contribution in [-0.4, -0.2) is 19.9 Å². The first-order valence-electron chi connectivity index (χ1n) is 19.5. The summed E-state index contributed by atoms with van der Waals surface area (Å²) in [5.41, 5.74) is 21.0. The van der Waals surface area contributed by atoms with Gasteiger partial charge in [-0.2, -0.15) is 0 Å². The standard InChI is InChI=1S/C51H46N4/c1-6-33-14-18-36(19-15-33)49-43-27-25-40(53-43)47(34-10-8-7-9-11-34)39-24-26-41(52-39)48(35-16-12-32(2)13-17-35)42-28-30-45(54-42)50(46-31-29-44(49)55-46)37-20-22-38(23-21-37)51(3,4)5/h7-20,22,24-31,52,55H,6,21,23H2,1-5H3. The van der Waals surface area contributed by atoms with Crippen molar-refractivity contribution in [2.75, 3.05) is 0 Å². The van der Waals surface area contributed by atoms with E-state index in [0.29, 0.717) is 0 Å². The van der Waals surface area contributed by atoms with Crippen LogP contribution in [0.15, 0.2) is 121 Å². The molecule has 0 fully saturated rings. The van der Waals surface area contributed by atoms with Gasteiger partial charge in [-0.25, -0.2) is 9.97 Å². The molecule has 0 unspecified atom stereocenters. The molecular formula is C51H46N4. The molecule has 2 N–H and O–H groups in total. The third-order valence-electron chi connectivity index (χ3n) is 11.2. The molecule has 270 valence electrons. The third-order valence-corrected chi connectivity index (χ3v) is 11.2. The number of fused-ring (bicyclic) bond motifs is 8. The zero-order valence-electron chi connectivity index (χ0n) is 32.3. The summed E-state index contributed by atoms with van der Waals surface area (Å²) in [5, 5.41) is 0. The van der Waals surface area contributed by atoms with Crippen molar-refractivity contribution in [1.82, 2.24) is 19.9 Å². The van der Waals surface area contributed by atoms with Gasteiger partial charge < -0.3 is 9.97 Å². The van der Waals surface area contributed by atoms with E-state index in [2.05, 4.69) is 184 Å². The smallest absolute Gasteiger partial charge is 0.0737 e. The number of benzene rings is 3. The molecule has 0 amide bonds. The highest BCUT2D eigenvalue weighted by molar-refractivity contribution is 5.99. The van der Waals surface area contributed by atoms with Crippen LogP contribution in [0, 0.1) is 12.3 Å². The van der Waals surface area contributed by atoms with E-state index < -0.39 is 0 Å². The van der Waals surface area contributed by atoms with Gasteiger partial charge in [-0.15, -0.1) is 0 Å². The average Bonchev–Trinajstić information content (AvgIpc) is 4.04. The summed E-state index contributed by atoms with van der Waals surface area (Å²) in [7, 11) is 0. The van der Waals surface area contributed by atoms with Gasteiger partial charge >= 0.3 is 0 Å². The van der Waals surface area contributed by atoms with Crippen molar-refractivity contribution in [1.29, 1.82) is 0 Å². The van der Waals surface area contributed by atoms with Crippen LogP contribution in [0.5, 0.6) is 0 Å². The normalized spacial score (nSPS) is 13.9. The zero-order chi connectivity index (χ0) is 37.7. The number of H-pyrrole nitrogens is 2. The van der Waals surface area contributed by atoms with Gasteiger partial charge in [-0.05, 0) is 108 Å². The van der Waals surface area contributed by atoms with E-state index in [1.165, 1.54) is 22.3 Å². The Kier molecular flexibility index (Phi) is 8.70. The molecular weight excluding hydrogens is 669 g/mol. The van der Waals surface area contributed by atoms with Crippen molar-refractivity contribution in [3.8, 4) is 33.4 Å². The highest BCUT2D eigenvalue weighted by atomic mass is 14.8. The van der Waals surface area contributed by atoms with E-state index in [9.17, 15) is 0 Å². The quantitative estimate of drug-likeness (QED) is 0.186. The van der Waals surface area contributed by atoms with Crippen molar-refractivity contribution >= 4 is 51.9 Å². The van der Waals surface area contributed by atoms with Crippen LogP contribution in [0.4, 0.5) is 0 Å². The molecule has 3 aliphatic rings. The average molecular weight is 715 g/mol. The first-order valence-corrected chi connectivity index (χ1v) is 19.5. The molecule has 3 aromatic heterocycles. The van der Waals surface area contributed by atoms with Crippen LogP contribution in [-0.2, 0) is 6.42 Å². The van der Waals surface area contributed by atoms with Crippen molar-refractivity contribution in [3.05, 3.63) is 160 Å². The molecule has 1 aliphatic carbocycles. The van der Waals surface area contributed by atoms with E-state index in [1.807, 2.05) is 0 Å². The molecule has 3 aromatic carbocycles. The minimum absolute atomic E-state index is 0.131. The van der Waals surface area contributed by atoms with Gasteiger partial charge in [0.05, 0.1) is 22.8 Å². The number of nitrogens with zero attached hydrogens (tertiary/aromatic N) is 2. The first kappa shape index (κ1) is 34.5. The molecule has 2 aliphatic heterocycles. The van der Waals surface area contributed by atoms with Gasteiger partial charge in [0.15, 0.2) is 0 Å². The number of rotatable bonds is 5. The minimum atomic E-state index is 0.131. The van der Waals surface area contributed by atoms with E-state index >= 15 is 0 Å². The lowest BCUT2D eigenvalue weighted by Gasteiger charge is -2.26. The lowest BCUT2D eigenvalue weighted by atomic mass is 9.79. The van der Waals surface area contributed by atoms with Crippen molar-refractivity contribution in [2.24, 2.45) is 5.41 Å². The van der Waals surface area contributed by atoms with Gasteiger partial charge in [0.25, 0.3) is 0 Å². The second-order valence-corrected chi connectivity index (χ2v) is 15.9. The summed E-state index contributed by atoms with van der Waals surface area (Å²) in [6, 6.07) is 37.1. The number of aryl methyl sites for hydroxylation is 2. The van der Waals surface area contributed by atoms with Crippen LogP contribution in [0.1, 0.15) is 80.0 Å². The summed E-state index contributed by atoms with van der Waals surface area (Å²) in [5.74, 6) is 0. The summed E-state index contributed by atoms with van der Waals surface area (Å²) in [4.78, 5) is 18.7. The largest absolute Gasteiger partial charge is 0.354 e. The van der Waals surface area contributed by atoms with Gasteiger partial charge in [-0.1, -0.05) is 130 Å². The lowest BCUT2D eigenvalue weighted by Crippen LogP contribution is -2.11. The van der Waals surface area contributed by atoms with Crippen LogP contribution in [0.25, 0.3) is 85.3 Å². The summed E-state index contributed by atoms with van der Waals surface area (Å²) < 4.78 is 0. The molecule has 5 heterocycles. The molecule has 55 heavy (non-hydrogen) atoms. The molecule has 6 aromatic rings. The lowest BCUT2D eigenvalue weighted by molar-refractivity contribution is 0.482. The predicted molar refractivity (Wildman–Crippen MR) is 234 cm³/mol. The fraction of sp³-hybridized carbons (Fsp3) is 0.176. The maximum Gasteiger partial charge on any atom is 0.0737 e. The fourth-order valence-corrected chi connectivity index (χ4v) is 8.16. The summed E-state index contributed by atoms with van der Waals surface area (Å²) in [6.07, 6.45) is 16.4. The molecule has 8 bridgehead atoms. The molecule has 0 radical (unpaired) electrons. The first-order chi connectivity index (χ1) is 26.7. The number of aromatic nitrogens is 4. The Balaban J connectivity index is 1.43. The van der Waals surface area contributed by atoms with Crippen LogP contribution >= 0.6 is 0 Å². The molecule has 9 rings (SSSR count). The maximum absolute atomic E-state index is 5.50. The Morgan fingerprint density at radius 2 is 0.964 bits per heavy atom. The Morgan fingerprint density at radius 1 is 0.509 bits per heavy atom. The third kappa shape index (κ3) is 6.52. The molecule has 4 nitrogen and oxygen atoms in total.